The molecule has 0 bridgehead atoms. The molecular formula is C8H16O3. The number of carbonyl (C=O) groups excluding carboxylic acids is 1. The zero-order valence-corrected chi connectivity index (χ0v) is 7.42. The number of esters is 1. The summed E-state index contributed by atoms with van der Waals surface area (Å²) in [6, 6.07) is 0. The molecule has 0 radical (unpaired) electrons. The Labute approximate surface area is 67.7 Å². The lowest BCUT2D eigenvalue weighted by molar-refractivity contribution is -0.142. The van der Waals surface area contributed by atoms with Gasteiger partial charge in [-0.15, -0.1) is 0 Å². The standard InChI is InChI=1S/C8H16O3/c1-4-10-5-7(2)6-11-8(3)9/h7H,4-6H2,1-3H3. The normalized spacial score (nSPS) is 12.6. The van der Waals surface area contributed by atoms with E-state index in [1.54, 1.807) is 0 Å². The molecule has 0 N–H and O–H groups in total. The molecule has 0 heterocycles. The molecule has 0 aromatic rings. The van der Waals surface area contributed by atoms with Gasteiger partial charge in [-0.2, -0.15) is 0 Å². The fourth-order valence-electron chi connectivity index (χ4n) is 0.627. The van der Waals surface area contributed by atoms with E-state index in [0.717, 1.165) is 0 Å². The molecule has 0 aromatic carbocycles. The molecule has 11 heavy (non-hydrogen) atoms. The van der Waals surface area contributed by atoms with Crippen LogP contribution in [0.4, 0.5) is 0 Å². The monoisotopic (exact) mass is 160 g/mol. The van der Waals surface area contributed by atoms with Crippen molar-refractivity contribution in [2.45, 2.75) is 20.8 Å². The molecule has 0 fully saturated rings. The van der Waals surface area contributed by atoms with Crippen molar-refractivity contribution in [3.05, 3.63) is 0 Å². The summed E-state index contributed by atoms with van der Waals surface area (Å²) in [6.07, 6.45) is 0. The first-order valence-corrected chi connectivity index (χ1v) is 3.88. The van der Waals surface area contributed by atoms with Crippen LogP contribution in [0.3, 0.4) is 0 Å². The van der Waals surface area contributed by atoms with Crippen LogP contribution in [-0.4, -0.2) is 25.8 Å². The molecule has 0 aliphatic heterocycles. The van der Waals surface area contributed by atoms with Gasteiger partial charge in [0, 0.05) is 19.4 Å². The van der Waals surface area contributed by atoms with Crippen LogP contribution < -0.4 is 0 Å². The Balaban J connectivity index is 3.22. The van der Waals surface area contributed by atoms with E-state index in [9.17, 15) is 4.79 Å². The molecule has 0 spiro atoms. The largest absolute Gasteiger partial charge is 0.466 e. The minimum absolute atomic E-state index is 0.228. The van der Waals surface area contributed by atoms with Gasteiger partial charge in [0.05, 0.1) is 13.2 Å². The quantitative estimate of drug-likeness (QED) is 0.567. The molecule has 0 amide bonds. The Bertz CT molecular complexity index is 112. The maximum absolute atomic E-state index is 10.4. The summed E-state index contributed by atoms with van der Waals surface area (Å²) in [6.45, 7) is 7.16. The zero-order chi connectivity index (χ0) is 8.69. The van der Waals surface area contributed by atoms with E-state index in [4.69, 9.17) is 9.47 Å². The Morgan fingerprint density at radius 3 is 2.55 bits per heavy atom. The van der Waals surface area contributed by atoms with Crippen LogP contribution in [-0.2, 0) is 14.3 Å². The van der Waals surface area contributed by atoms with Crippen molar-refractivity contribution in [3.63, 3.8) is 0 Å². The Kier molecular flexibility index (Phi) is 5.84. The van der Waals surface area contributed by atoms with Crippen LogP contribution in [0.5, 0.6) is 0 Å². The molecule has 3 heteroatoms. The van der Waals surface area contributed by atoms with Crippen molar-refractivity contribution in [1.29, 1.82) is 0 Å². The average Bonchev–Trinajstić information content (AvgIpc) is 1.97. The number of ether oxygens (including phenoxy) is 2. The van der Waals surface area contributed by atoms with Gasteiger partial charge in [-0.3, -0.25) is 4.79 Å². The van der Waals surface area contributed by atoms with Crippen molar-refractivity contribution in [2.75, 3.05) is 19.8 Å². The van der Waals surface area contributed by atoms with E-state index in [2.05, 4.69) is 0 Å². The van der Waals surface area contributed by atoms with Gasteiger partial charge in [0.15, 0.2) is 0 Å². The lowest BCUT2D eigenvalue weighted by Gasteiger charge is -2.10. The van der Waals surface area contributed by atoms with E-state index in [-0.39, 0.29) is 5.97 Å². The van der Waals surface area contributed by atoms with Crippen LogP contribution in [0, 0.1) is 5.92 Å². The highest BCUT2D eigenvalue weighted by Crippen LogP contribution is 1.96. The molecule has 0 aliphatic carbocycles. The smallest absolute Gasteiger partial charge is 0.302 e. The summed E-state index contributed by atoms with van der Waals surface area (Å²) in [5.74, 6) is 0.0622. The van der Waals surface area contributed by atoms with E-state index in [0.29, 0.717) is 25.7 Å². The summed E-state index contributed by atoms with van der Waals surface area (Å²) in [7, 11) is 0. The summed E-state index contributed by atoms with van der Waals surface area (Å²) < 4.78 is 9.92. The maximum atomic E-state index is 10.4. The van der Waals surface area contributed by atoms with E-state index in [1.165, 1.54) is 6.92 Å². The van der Waals surface area contributed by atoms with Crippen LogP contribution in [0.15, 0.2) is 0 Å². The SMILES string of the molecule is CCOCC(C)COC(C)=O. The van der Waals surface area contributed by atoms with Gasteiger partial charge in [0.25, 0.3) is 0 Å². The fraction of sp³-hybridized carbons (Fsp3) is 0.875. The molecule has 0 aliphatic rings. The highest BCUT2D eigenvalue weighted by atomic mass is 16.5. The second-order valence-corrected chi connectivity index (χ2v) is 2.57. The van der Waals surface area contributed by atoms with Crippen LogP contribution in [0.1, 0.15) is 20.8 Å². The molecule has 3 nitrogen and oxygen atoms in total. The van der Waals surface area contributed by atoms with Crippen molar-refractivity contribution in [1.82, 2.24) is 0 Å². The maximum Gasteiger partial charge on any atom is 0.302 e. The summed E-state index contributed by atoms with van der Waals surface area (Å²) in [5, 5.41) is 0. The van der Waals surface area contributed by atoms with Crippen LogP contribution >= 0.6 is 0 Å². The van der Waals surface area contributed by atoms with Crippen molar-refractivity contribution >= 4 is 5.97 Å². The Morgan fingerprint density at radius 1 is 1.45 bits per heavy atom. The first kappa shape index (κ1) is 10.4. The van der Waals surface area contributed by atoms with Crippen LogP contribution in [0.25, 0.3) is 0 Å². The predicted molar refractivity (Wildman–Crippen MR) is 42.3 cm³/mol. The number of hydrogen-bond acceptors (Lipinski definition) is 3. The predicted octanol–water partition coefficient (Wildman–Crippen LogP) is 1.22. The number of rotatable bonds is 5. The topological polar surface area (TPSA) is 35.5 Å². The van der Waals surface area contributed by atoms with Gasteiger partial charge in [0.1, 0.15) is 0 Å². The molecule has 0 aromatic heterocycles. The minimum atomic E-state index is -0.228. The number of hydrogen-bond donors (Lipinski definition) is 0. The van der Waals surface area contributed by atoms with Gasteiger partial charge < -0.3 is 9.47 Å². The van der Waals surface area contributed by atoms with Gasteiger partial charge in [0.2, 0.25) is 0 Å². The van der Waals surface area contributed by atoms with E-state index >= 15 is 0 Å². The van der Waals surface area contributed by atoms with Crippen LogP contribution in [0.2, 0.25) is 0 Å². The third-order valence-electron chi connectivity index (χ3n) is 1.18. The molecule has 0 saturated heterocycles. The lowest BCUT2D eigenvalue weighted by Crippen LogP contribution is -2.14. The summed E-state index contributed by atoms with van der Waals surface area (Å²) >= 11 is 0. The molecule has 1 unspecified atom stereocenters. The Morgan fingerprint density at radius 2 is 2.09 bits per heavy atom. The van der Waals surface area contributed by atoms with Crippen molar-refractivity contribution in [2.24, 2.45) is 5.92 Å². The van der Waals surface area contributed by atoms with Crippen molar-refractivity contribution in [3.8, 4) is 0 Å². The second-order valence-electron chi connectivity index (χ2n) is 2.57. The van der Waals surface area contributed by atoms with E-state index in [1.807, 2.05) is 13.8 Å². The molecule has 0 saturated carbocycles. The third-order valence-corrected chi connectivity index (χ3v) is 1.18. The van der Waals surface area contributed by atoms with Gasteiger partial charge in [-0.1, -0.05) is 6.92 Å². The summed E-state index contributed by atoms with van der Waals surface area (Å²) in [5.41, 5.74) is 0. The molecule has 66 valence electrons. The van der Waals surface area contributed by atoms with Crippen molar-refractivity contribution < 1.29 is 14.3 Å². The molecule has 0 rings (SSSR count). The first-order valence-electron chi connectivity index (χ1n) is 3.88. The fourth-order valence-corrected chi connectivity index (χ4v) is 0.627. The minimum Gasteiger partial charge on any atom is -0.466 e. The van der Waals surface area contributed by atoms with Gasteiger partial charge in [-0.25, -0.2) is 0 Å². The average molecular weight is 160 g/mol. The zero-order valence-electron chi connectivity index (χ0n) is 7.42. The highest BCUT2D eigenvalue weighted by Gasteiger charge is 2.02. The van der Waals surface area contributed by atoms with Gasteiger partial charge in [-0.05, 0) is 6.92 Å². The van der Waals surface area contributed by atoms with Gasteiger partial charge >= 0.3 is 5.97 Å². The molecular weight excluding hydrogens is 144 g/mol. The Hall–Kier alpha value is -0.570. The van der Waals surface area contributed by atoms with E-state index < -0.39 is 0 Å². The second kappa shape index (κ2) is 6.16. The molecule has 1 atom stereocenters. The number of carbonyl (C=O) groups is 1. The third kappa shape index (κ3) is 7.33. The first-order chi connectivity index (χ1) is 5.16. The lowest BCUT2D eigenvalue weighted by atomic mass is 10.2. The summed E-state index contributed by atoms with van der Waals surface area (Å²) in [4.78, 5) is 10.4. The highest BCUT2D eigenvalue weighted by molar-refractivity contribution is 5.65.